The van der Waals surface area contributed by atoms with Crippen LogP contribution in [0.4, 0.5) is 0 Å². The third-order valence-electron chi connectivity index (χ3n) is 5.11. The van der Waals surface area contributed by atoms with Gasteiger partial charge in [-0.1, -0.05) is 53.0 Å². The molecule has 0 saturated carbocycles. The van der Waals surface area contributed by atoms with Crippen LogP contribution in [0.25, 0.3) is 0 Å². The second-order valence-corrected chi connectivity index (χ2v) is 10.7. The van der Waals surface area contributed by atoms with Crippen LogP contribution >= 0.6 is 34.8 Å². The molecule has 1 amide bonds. The van der Waals surface area contributed by atoms with Crippen molar-refractivity contribution in [3.63, 3.8) is 0 Å². The Labute approximate surface area is 214 Å². The molecule has 6 nitrogen and oxygen atoms in total. The van der Waals surface area contributed by atoms with Crippen molar-refractivity contribution in [2.24, 2.45) is 0 Å². The normalized spacial score (nSPS) is 12.4. The molecule has 3 rings (SSSR count). The van der Waals surface area contributed by atoms with Gasteiger partial charge in [-0.05, 0) is 66.6 Å². The van der Waals surface area contributed by atoms with Crippen molar-refractivity contribution in [1.29, 1.82) is 0 Å². The highest BCUT2D eigenvalue weighted by molar-refractivity contribution is 7.89. The number of halogens is 3. The lowest BCUT2D eigenvalue weighted by molar-refractivity contribution is -0.122. The summed E-state index contributed by atoms with van der Waals surface area (Å²) < 4.78 is 33.0. The van der Waals surface area contributed by atoms with Gasteiger partial charge in [0, 0.05) is 11.6 Å². The van der Waals surface area contributed by atoms with Gasteiger partial charge in [-0.3, -0.25) is 4.79 Å². The first-order chi connectivity index (χ1) is 16.1. The van der Waals surface area contributed by atoms with Gasteiger partial charge in [-0.25, -0.2) is 8.42 Å². The van der Waals surface area contributed by atoms with E-state index >= 15 is 0 Å². The van der Waals surface area contributed by atoms with Crippen LogP contribution in [0.3, 0.4) is 0 Å². The lowest BCUT2D eigenvalue weighted by atomic mass is 10.1. The van der Waals surface area contributed by atoms with Crippen LogP contribution < -0.4 is 10.1 Å². The predicted molar refractivity (Wildman–Crippen MR) is 135 cm³/mol. The molecule has 0 saturated heterocycles. The summed E-state index contributed by atoms with van der Waals surface area (Å²) in [6.07, 6.45) is 0. The van der Waals surface area contributed by atoms with Crippen LogP contribution in [0.1, 0.15) is 24.1 Å². The molecule has 0 aliphatic heterocycles. The maximum Gasteiger partial charge on any atom is 0.243 e. The van der Waals surface area contributed by atoms with Crippen molar-refractivity contribution in [2.45, 2.75) is 24.4 Å². The Morgan fingerprint density at radius 3 is 2.21 bits per heavy atom. The molecule has 0 heterocycles. The molecular formula is C24H23Cl3N2O4S. The largest absolute Gasteiger partial charge is 0.497 e. The molecule has 0 spiro atoms. The van der Waals surface area contributed by atoms with Crippen LogP contribution in [-0.4, -0.2) is 32.3 Å². The third-order valence-corrected chi connectivity index (χ3v) is 7.90. The first kappa shape index (κ1) is 26.3. The van der Waals surface area contributed by atoms with E-state index < -0.39 is 22.5 Å². The number of methoxy groups -OCH3 is 1. The quantitative estimate of drug-likeness (QED) is 0.376. The summed E-state index contributed by atoms with van der Waals surface area (Å²) in [7, 11) is -2.45. The summed E-state index contributed by atoms with van der Waals surface area (Å²) in [5.41, 5.74) is 1.44. The molecule has 34 heavy (non-hydrogen) atoms. The smallest absolute Gasteiger partial charge is 0.243 e. The first-order valence-corrected chi connectivity index (χ1v) is 12.8. The highest BCUT2D eigenvalue weighted by atomic mass is 35.5. The molecule has 10 heteroatoms. The van der Waals surface area contributed by atoms with Crippen LogP contribution in [-0.2, 0) is 21.4 Å². The number of sulfonamides is 1. The Balaban J connectivity index is 1.83. The fourth-order valence-corrected chi connectivity index (χ4v) is 5.08. The zero-order valence-electron chi connectivity index (χ0n) is 18.5. The van der Waals surface area contributed by atoms with Crippen LogP contribution in [0.15, 0.2) is 71.6 Å². The molecule has 0 bridgehead atoms. The van der Waals surface area contributed by atoms with Crippen LogP contribution in [0, 0.1) is 0 Å². The Kier molecular flexibility index (Phi) is 8.84. The lowest BCUT2D eigenvalue weighted by Gasteiger charge is -2.23. The molecular weight excluding hydrogens is 519 g/mol. The Hall–Kier alpha value is -2.29. The van der Waals surface area contributed by atoms with Gasteiger partial charge in [-0.15, -0.1) is 0 Å². The standard InChI is InChI=1S/C24H23Cl3N2O4S/c1-16(18-4-8-20(33-2)9-5-18)28-24(30)15-29(14-17-3-12-22(26)23(27)13-17)34(31,32)21-10-6-19(25)7-11-21/h3-13,16H,14-15H2,1-2H3,(H,28,30)/t16-/m1/s1. The monoisotopic (exact) mass is 540 g/mol. The van der Waals surface area contributed by atoms with Gasteiger partial charge in [0.05, 0.1) is 34.6 Å². The van der Waals surface area contributed by atoms with Gasteiger partial charge in [0.25, 0.3) is 0 Å². The van der Waals surface area contributed by atoms with Gasteiger partial charge in [0.15, 0.2) is 0 Å². The van der Waals surface area contributed by atoms with E-state index in [0.717, 1.165) is 9.87 Å². The highest BCUT2D eigenvalue weighted by Crippen LogP contribution is 2.26. The van der Waals surface area contributed by atoms with E-state index in [9.17, 15) is 13.2 Å². The summed E-state index contributed by atoms with van der Waals surface area (Å²) in [6, 6.07) is 17.5. The molecule has 180 valence electrons. The van der Waals surface area contributed by atoms with E-state index in [4.69, 9.17) is 39.5 Å². The zero-order valence-corrected chi connectivity index (χ0v) is 21.5. The van der Waals surface area contributed by atoms with E-state index in [-0.39, 0.29) is 17.5 Å². The van der Waals surface area contributed by atoms with Crippen molar-refractivity contribution < 1.29 is 17.9 Å². The minimum Gasteiger partial charge on any atom is -0.497 e. The SMILES string of the molecule is COc1ccc([C@@H](C)NC(=O)CN(Cc2ccc(Cl)c(Cl)c2)S(=O)(=O)c2ccc(Cl)cc2)cc1. The Morgan fingerprint density at radius 1 is 0.971 bits per heavy atom. The summed E-state index contributed by atoms with van der Waals surface area (Å²) in [5, 5.41) is 3.90. The van der Waals surface area contributed by atoms with Crippen molar-refractivity contribution in [3.05, 3.63) is 92.9 Å². The Morgan fingerprint density at radius 2 is 1.62 bits per heavy atom. The summed E-state index contributed by atoms with van der Waals surface area (Å²) >= 11 is 18.0. The van der Waals surface area contributed by atoms with Gasteiger partial charge in [-0.2, -0.15) is 4.31 Å². The van der Waals surface area contributed by atoms with Gasteiger partial charge in [0.2, 0.25) is 15.9 Å². The van der Waals surface area contributed by atoms with Crippen molar-refractivity contribution >= 4 is 50.7 Å². The number of hydrogen-bond donors (Lipinski definition) is 1. The van der Waals surface area contributed by atoms with Crippen molar-refractivity contribution in [3.8, 4) is 5.75 Å². The second-order valence-electron chi connectivity index (χ2n) is 7.54. The number of benzene rings is 3. The van der Waals surface area contributed by atoms with Gasteiger partial charge < -0.3 is 10.1 Å². The molecule has 0 fully saturated rings. The minimum absolute atomic E-state index is 0.0213. The first-order valence-electron chi connectivity index (χ1n) is 10.2. The summed E-state index contributed by atoms with van der Waals surface area (Å²) in [6.45, 7) is 1.34. The Bertz CT molecular complexity index is 1250. The van der Waals surface area contributed by atoms with Gasteiger partial charge >= 0.3 is 0 Å². The predicted octanol–water partition coefficient (Wildman–Crippen LogP) is 5.72. The fraction of sp³-hybridized carbons (Fsp3) is 0.208. The van der Waals surface area contributed by atoms with E-state index in [1.165, 1.54) is 24.3 Å². The maximum absolute atomic E-state index is 13.4. The van der Waals surface area contributed by atoms with E-state index in [0.29, 0.717) is 26.4 Å². The number of ether oxygens (including phenoxy) is 1. The number of nitrogens with one attached hydrogen (secondary N) is 1. The molecule has 0 radical (unpaired) electrons. The summed E-state index contributed by atoms with van der Waals surface area (Å²) in [5.74, 6) is 0.241. The topological polar surface area (TPSA) is 75.7 Å². The third kappa shape index (κ3) is 6.64. The van der Waals surface area contributed by atoms with E-state index in [2.05, 4.69) is 5.32 Å². The summed E-state index contributed by atoms with van der Waals surface area (Å²) in [4.78, 5) is 12.9. The number of amides is 1. The lowest BCUT2D eigenvalue weighted by Crippen LogP contribution is -2.41. The molecule has 0 aliphatic rings. The van der Waals surface area contributed by atoms with Gasteiger partial charge in [0.1, 0.15) is 5.75 Å². The minimum atomic E-state index is -4.02. The maximum atomic E-state index is 13.4. The van der Waals surface area contributed by atoms with Crippen LogP contribution in [0.5, 0.6) is 5.75 Å². The number of carbonyl (C=O) groups excluding carboxylic acids is 1. The molecule has 3 aromatic carbocycles. The highest BCUT2D eigenvalue weighted by Gasteiger charge is 2.27. The molecule has 0 unspecified atom stereocenters. The molecule has 0 aliphatic carbocycles. The number of nitrogens with zero attached hydrogens (tertiary/aromatic N) is 1. The zero-order chi connectivity index (χ0) is 24.9. The number of hydrogen-bond acceptors (Lipinski definition) is 4. The van der Waals surface area contributed by atoms with Crippen LogP contribution in [0.2, 0.25) is 15.1 Å². The fourth-order valence-electron chi connectivity index (χ4n) is 3.25. The average molecular weight is 542 g/mol. The molecule has 0 aromatic heterocycles. The molecule has 1 N–H and O–H groups in total. The van der Waals surface area contributed by atoms with E-state index in [1.807, 2.05) is 19.1 Å². The second kappa shape index (κ2) is 11.4. The number of rotatable bonds is 9. The molecule has 3 aromatic rings. The van der Waals surface area contributed by atoms with Crippen molar-refractivity contribution in [1.82, 2.24) is 9.62 Å². The van der Waals surface area contributed by atoms with Crippen molar-refractivity contribution in [2.75, 3.05) is 13.7 Å². The molecule has 1 atom stereocenters. The van der Waals surface area contributed by atoms with E-state index in [1.54, 1.807) is 37.4 Å². The average Bonchev–Trinajstić information content (AvgIpc) is 2.81. The number of carbonyl (C=O) groups is 1.